The van der Waals surface area contributed by atoms with Gasteiger partial charge in [0.05, 0.1) is 40.3 Å². The maximum absolute atomic E-state index is 12.9. The number of hydrogen-bond acceptors (Lipinski definition) is 5. The molecule has 2 atom stereocenters. The van der Waals surface area contributed by atoms with E-state index in [1.54, 1.807) is 24.9 Å². The van der Waals surface area contributed by atoms with Gasteiger partial charge in [0.15, 0.2) is 0 Å². The third-order valence-electron chi connectivity index (χ3n) is 7.78. The monoisotopic (exact) mass is 595 g/mol. The summed E-state index contributed by atoms with van der Waals surface area (Å²) in [6.07, 6.45) is 19.0. The molecule has 0 fully saturated rings. The Morgan fingerprint density at radius 1 is 0.857 bits per heavy atom. The quantitative estimate of drug-likeness (QED) is 0.107. The van der Waals surface area contributed by atoms with Gasteiger partial charge < -0.3 is 23.4 Å². The number of unbranched alkanes of at least 4 members (excludes halogenated alkanes) is 12. The molecule has 244 valence electrons. The first kappa shape index (κ1) is 37.9. The number of quaternary nitrogens is 1. The van der Waals surface area contributed by atoms with Gasteiger partial charge in [-0.1, -0.05) is 90.4 Å². The van der Waals surface area contributed by atoms with E-state index in [9.17, 15) is 14.4 Å². The molecule has 0 aliphatic carbocycles. The molecule has 9 nitrogen and oxygen atoms in total. The summed E-state index contributed by atoms with van der Waals surface area (Å²) in [7, 11) is 9.46. The van der Waals surface area contributed by atoms with E-state index in [4.69, 9.17) is 9.47 Å². The van der Waals surface area contributed by atoms with Crippen LogP contribution in [0.1, 0.15) is 110 Å². The van der Waals surface area contributed by atoms with E-state index in [2.05, 4.69) is 6.92 Å². The molecule has 2 unspecified atom stereocenters. The molecule has 1 amide bonds. The maximum Gasteiger partial charge on any atom is 0.409 e. The first-order valence-electron chi connectivity index (χ1n) is 16.6. The number of nitrogens with zero attached hydrogens (tertiary/aromatic N) is 4. The molecule has 0 aliphatic rings. The van der Waals surface area contributed by atoms with Gasteiger partial charge in [0.2, 0.25) is 0 Å². The van der Waals surface area contributed by atoms with Crippen molar-refractivity contribution in [3.63, 3.8) is 0 Å². The molecular weight excluding hydrogens is 532 g/mol. The molecule has 0 aromatic carbocycles. The summed E-state index contributed by atoms with van der Waals surface area (Å²) < 4.78 is 15.4. The zero-order valence-electron chi connectivity index (χ0n) is 28.1. The van der Waals surface area contributed by atoms with Crippen LogP contribution in [0.2, 0.25) is 0 Å². The molecule has 0 N–H and O–H groups in total. The smallest absolute Gasteiger partial charge is 0.409 e. The molecule has 1 heterocycles. The van der Waals surface area contributed by atoms with Crippen LogP contribution in [0.5, 0.6) is 0 Å². The number of aromatic nitrogens is 2. The normalized spacial score (nSPS) is 13.2. The van der Waals surface area contributed by atoms with Gasteiger partial charge in [0.25, 0.3) is 5.56 Å². The Morgan fingerprint density at radius 2 is 1.40 bits per heavy atom. The van der Waals surface area contributed by atoms with Crippen LogP contribution < -0.4 is 11.2 Å². The summed E-state index contributed by atoms with van der Waals surface area (Å²) in [6.45, 7) is 6.13. The van der Waals surface area contributed by atoms with Crippen LogP contribution in [0.15, 0.2) is 21.9 Å². The molecule has 1 aromatic rings. The standard InChI is InChI=1S/C33H63N4O5/c1-8-9-10-11-12-13-14-15-16-17-18-19-20-22-30(29(2)42-33(40)34(3)4)41-28-21-24-35-25-23-31(38)36(32(35)39)26-27-37(5,6)7/h23,25,29-30H,8-22,24,26-28H2,1-7H3/q+1. The number of rotatable bonds is 24. The second-order valence-electron chi connectivity index (χ2n) is 13.1. The van der Waals surface area contributed by atoms with Crippen molar-refractivity contribution in [2.24, 2.45) is 0 Å². The van der Waals surface area contributed by atoms with E-state index in [1.165, 1.54) is 86.2 Å². The van der Waals surface area contributed by atoms with Gasteiger partial charge >= 0.3 is 11.8 Å². The van der Waals surface area contributed by atoms with Gasteiger partial charge in [-0.05, 0) is 19.8 Å². The predicted octanol–water partition coefficient (Wildman–Crippen LogP) is 6.06. The lowest BCUT2D eigenvalue weighted by Crippen LogP contribution is -2.45. The molecule has 0 saturated carbocycles. The van der Waals surface area contributed by atoms with E-state index < -0.39 is 0 Å². The first-order chi connectivity index (χ1) is 20.0. The summed E-state index contributed by atoms with van der Waals surface area (Å²) in [6, 6.07) is 1.46. The lowest BCUT2D eigenvalue weighted by Gasteiger charge is -2.26. The fraction of sp³-hybridized carbons (Fsp3) is 0.848. The molecule has 0 aliphatic heterocycles. The van der Waals surface area contributed by atoms with Crippen molar-refractivity contribution in [3.8, 4) is 0 Å². The largest absolute Gasteiger partial charge is 0.444 e. The van der Waals surface area contributed by atoms with Crippen LogP contribution in [-0.4, -0.2) is 85.2 Å². The number of carbonyl (C=O) groups excluding carboxylic acids is 1. The molecule has 0 spiro atoms. The Hall–Kier alpha value is -2.13. The van der Waals surface area contributed by atoms with E-state index in [0.717, 1.165) is 19.3 Å². The van der Waals surface area contributed by atoms with Gasteiger partial charge in [-0.2, -0.15) is 0 Å². The zero-order chi connectivity index (χ0) is 31.4. The highest BCUT2D eigenvalue weighted by Crippen LogP contribution is 2.17. The lowest BCUT2D eigenvalue weighted by atomic mass is 10.0. The van der Waals surface area contributed by atoms with Crippen molar-refractivity contribution >= 4 is 6.09 Å². The summed E-state index contributed by atoms with van der Waals surface area (Å²) in [5.41, 5.74) is -0.553. The molecule has 0 saturated heterocycles. The number of aryl methyl sites for hydroxylation is 1. The van der Waals surface area contributed by atoms with Gasteiger partial charge in [0.1, 0.15) is 6.10 Å². The fourth-order valence-electron chi connectivity index (χ4n) is 4.96. The Bertz CT molecular complexity index is 966. The van der Waals surface area contributed by atoms with Crippen molar-refractivity contribution in [1.29, 1.82) is 0 Å². The molecule has 1 rings (SSSR count). The van der Waals surface area contributed by atoms with Gasteiger partial charge in [0, 0.05) is 39.5 Å². The molecule has 42 heavy (non-hydrogen) atoms. The van der Waals surface area contributed by atoms with E-state index >= 15 is 0 Å². The Kier molecular flexibility index (Phi) is 19.4. The lowest BCUT2D eigenvalue weighted by molar-refractivity contribution is -0.871. The Balaban J connectivity index is 2.48. The Labute approximate surface area is 255 Å². The van der Waals surface area contributed by atoms with Crippen LogP contribution in [0.3, 0.4) is 0 Å². The number of hydrogen-bond donors (Lipinski definition) is 0. The Morgan fingerprint density at radius 3 is 1.93 bits per heavy atom. The number of amides is 1. The minimum Gasteiger partial charge on any atom is -0.444 e. The minimum absolute atomic E-state index is 0.197. The molecular formula is C33H63N4O5+. The topological polar surface area (TPSA) is 82.8 Å². The summed E-state index contributed by atoms with van der Waals surface area (Å²) in [5, 5.41) is 0. The number of likely N-dealkylation sites (N-methyl/N-ethyl adjacent to an activating group) is 1. The highest BCUT2D eigenvalue weighted by atomic mass is 16.6. The SMILES string of the molecule is CCCCCCCCCCCCCCCC(OCCCn1ccc(=O)n(CC[N+](C)(C)C)c1=O)C(C)OC(=O)N(C)C. The van der Waals surface area contributed by atoms with Crippen LogP contribution in [-0.2, 0) is 22.6 Å². The van der Waals surface area contributed by atoms with Gasteiger partial charge in [-0.3, -0.25) is 9.36 Å². The summed E-state index contributed by atoms with van der Waals surface area (Å²) in [5.74, 6) is 0. The van der Waals surface area contributed by atoms with Crippen LogP contribution in [0.25, 0.3) is 0 Å². The van der Waals surface area contributed by atoms with Gasteiger partial charge in [-0.25, -0.2) is 9.59 Å². The van der Waals surface area contributed by atoms with Crippen molar-refractivity contribution in [2.75, 3.05) is 48.4 Å². The van der Waals surface area contributed by atoms with Crippen molar-refractivity contribution < 1.29 is 18.8 Å². The third kappa shape index (κ3) is 17.1. The van der Waals surface area contributed by atoms with E-state index in [-0.39, 0.29) is 29.6 Å². The minimum atomic E-state index is -0.371. The number of ether oxygens (including phenoxy) is 2. The van der Waals surface area contributed by atoms with E-state index in [1.807, 2.05) is 28.1 Å². The second-order valence-corrected chi connectivity index (χ2v) is 13.1. The number of carbonyl (C=O) groups is 1. The van der Waals surface area contributed by atoms with Crippen LogP contribution in [0.4, 0.5) is 4.79 Å². The van der Waals surface area contributed by atoms with Crippen molar-refractivity contribution in [1.82, 2.24) is 14.0 Å². The third-order valence-corrected chi connectivity index (χ3v) is 7.78. The van der Waals surface area contributed by atoms with E-state index in [0.29, 0.717) is 37.1 Å². The highest BCUT2D eigenvalue weighted by Gasteiger charge is 2.22. The van der Waals surface area contributed by atoms with Crippen molar-refractivity contribution in [3.05, 3.63) is 33.1 Å². The zero-order valence-corrected chi connectivity index (χ0v) is 28.1. The predicted molar refractivity (Wildman–Crippen MR) is 172 cm³/mol. The average molecular weight is 596 g/mol. The van der Waals surface area contributed by atoms with Crippen LogP contribution in [0, 0.1) is 0 Å². The highest BCUT2D eigenvalue weighted by molar-refractivity contribution is 5.66. The molecule has 9 heteroatoms. The first-order valence-corrected chi connectivity index (χ1v) is 16.6. The molecule has 0 radical (unpaired) electrons. The fourth-order valence-corrected chi connectivity index (χ4v) is 4.96. The second kappa shape index (κ2) is 21.5. The van der Waals surface area contributed by atoms with Crippen molar-refractivity contribution in [2.45, 2.75) is 135 Å². The maximum atomic E-state index is 12.9. The summed E-state index contributed by atoms with van der Waals surface area (Å²) in [4.78, 5) is 38.8. The van der Waals surface area contributed by atoms with Crippen LogP contribution >= 0.6 is 0 Å². The molecule has 0 bridgehead atoms. The average Bonchev–Trinajstić information content (AvgIpc) is 2.92. The molecule has 1 aromatic heterocycles. The summed E-state index contributed by atoms with van der Waals surface area (Å²) >= 11 is 0. The van der Waals surface area contributed by atoms with Gasteiger partial charge in [-0.15, -0.1) is 0 Å².